The van der Waals surface area contributed by atoms with E-state index in [9.17, 15) is 29.0 Å². The van der Waals surface area contributed by atoms with Gasteiger partial charge in [0.2, 0.25) is 5.95 Å². The van der Waals surface area contributed by atoms with Gasteiger partial charge in [-0.1, -0.05) is 5.21 Å². The van der Waals surface area contributed by atoms with Crippen LogP contribution < -0.4 is 81.0 Å². The van der Waals surface area contributed by atoms with E-state index in [0.717, 1.165) is 4.68 Å². The number of nitrogens with zero attached hydrogens (tertiary/aromatic N) is 8. The Balaban J connectivity index is 0.00000201. The molecule has 2 aliphatic carbocycles. The number of nitrogens with two attached hydrogens (primary N) is 2. The maximum Gasteiger partial charge on any atom is 1.00 e. The Bertz CT molecular complexity index is 2060. The molecule has 11 atom stereocenters. The average Bonchev–Trinajstić information content (AvgIpc) is 3.26. The molecule has 1 spiro atoms. The monoisotopic (exact) mass is 745 g/mol. The predicted molar refractivity (Wildman–Crippen MR) is 150 cm³/mol. The van der Waals surface area contributed by atoms with Crippen LogP contribution >= 0.6 is 14.6 Å². The number of imidazole rings is 1. The molecule has 4 aromatic heterocycles. The normalized spacial score (nSPS) is 39.3. The second-order valence-electron chi connectivity index (χ2n) is 11.4. The summed E-state index contributed by atoms with van der Waals surface area (Å²) in [6.07, 6.45) is -6.33. The molecule has 4 aromatic rings. The van der Waals surface area contributed by atoms with Crippen molar-refractivity contribution in [3.63, 3.8) is 0 Å². The van der Waals surface area contributed by atoms with Crippen LogP contribution in [-0.2, 0) is 44.2 Å². The Morgan fingerprint density at radius 3 is 2.62 bits per heavy atom. The zero-order valence-electron chi connectivity index (χ0n) is 25.0. The van der Waals surface area contributed by atoms with Crippen molar-refractivity contribution in [1.82, 2.24) is 44.5 Å². The van der Waals surface area contributed by atoms with E-state index in [1.54, 1.807) is 4.57 Å². The summed E-state index contributed by atoms with van der Waals surface area (Å²) in [6.45, 7) is -5.71. The molecule has 6 heterocycles. The first kappa shape index (κ1) is 36.7. The molecule has 2 saturated carbocycles. The van der Waals surface area contributed by atoms with Crippen LogP contribution in [0.25, 0.3) is 22.3 Å². The van der Waals surface area contributed by atoms with E-state index >= 15 is 0 Å². The predicted octanol–water partition coefficient (Wildman–Crippen LogP) is -8.35. The first-order chi connectivity index (χ1) is 21.8. The molecule has 22 nitrogen and oxygen atoms in total. The average molecular weight is 745 g/mol. The van der Waals surface area contributed by atoms with Crippen molar-refractivity contribution in [2.24, 2.45) is 11.3 Å². The van der Waals surface area contributed by atoms with Crippen LogP contribution in [-0.4, -0.2) is 98.4 Å². The van der Waals surface area contributed by atoms with Crippen LogP contribution in [0.1, 0.15) is 18.7 Å². The molecule has 0 radical (unpaired) electrons. The number of ether oxygens (including phenoxy) is 1. The molecule has 2 aliphatic heterocycles. The van der Waals surface area contributed by atoms with E-state index in [4.69, 9.17) is 46.5 Å². The van der Waals surface area contributed by atoms with E-state index < -0.39 is 87.5 Å². The van der Waals surface area contributed by atoms with Gasteiger partial charge in [0.1, 0.15) is 42.4 Å². The zero-order chi connectivity index (χ0) is 32.3. The third kappa shape index (κ3) is 5.93. The van der Waals surface area contributed by atoms with Gasteiger partial charge in [0.05, 0.1) is 25.6 Å². The first-order valence-corrected chi connectivity index (χ1v) is 17.6. The molecule has 7 N–H and O–H groups in total. The van der Waals surface area contributed by atoms with Gasteiger partial charge in [-0.05, 0) is 12.3 Å². The Labute approximate surface area is 317 Å². The molecule has 246 valence electrons. The van der Waals surface area contributed by atoms with Gasteiger partial charge in [-0.3, -0.25) is 18.9 Å². The fraction of sp³-hybridized carbons (Fsp3) is 0.571. The number of nitrogen functional groups attached to an aromatic ring is 2. The maximum absolute atomic E-state index is 13.5. The summed E-state index contributed by atoms with van der Waals surface area (Å²) in [5, 5.41) is 30.1. The number of phosphoric acid groups is 1. The van der Waals surface area contributed by atoms with Gasteiger partial charge in [-0.25, -0.2) is 15.0 Å². The van der Waals surface area contributed by atoms with Gasteiger partial charge in [-0.15, -0.1) is 5.10 Å². The van der Waals surface area contributed by atoms with Crippen LogP contribution in [0.3, 0.4) is 0 Å². The second-order valence-corrected chi connectivity index (χ2v) is 15.4. The molecule has 27 heteroatoms. The summed E-state index contributed by atoms with van der Waals surface area (Å²) in [5.41, 5.74) is 9.75. The van der Waals surface area contributed by atoms with Crippen LogP contribution in [0.15, 0.2) is 17.4 Å². The Hall–Kier alpha value is -1.08. The van der Waals surface area contributed by atoms with Gasteiger partial charge in [-0.2, -0.15) is 9.67 Å². The zero-order valence-corrected chi connectivity index (χ0v) is 31.6. The number of phosphoric ester groups is 1. The summed E-state index contributed by atoms with van der Waals surface area (Å²) < 4.78 is 56.9. The van der Waals surface area contributed by atoms with Crippen LogP contribution in [0.2, 0.25) is 0 Å². The number of aromatic amines is 1. The molecule has 0 aromatic carbocycles. The van der Waals surface area contributed by atoms with E-state index in [2.05, 4.69) is 35.2 Å². The van der Waals surface area contributed by atoms with Crippen molar-refractivity contribution in [2.45, 2.75) is 49.2 Å². The van der Waals surface area contributed by atoms with Crippen LogP contribution in [0.4, 0.5) is 11.8 Å². The van der Waals surface area contributed by atoms with E-state index in [1.807, 2.05) is 0 Å². The van der Waals surface area contributed by atoms with Gasteiger partial charge in [0.15, 0.2) is 35.7 Å². The summed E-state index contributed by atoms with van der Waals surface area (Å²) in [4.78, 5) is 44.2. The summed E-state index contributed by atoms with van der Waals surface area (Å²) in [6, 6.07) is -0.794. The number of nitrogens with one attached hydrogen (secondary N) is 1. The van der Waals surface area contributed by atoms with Crippen molar-refractivity contribution >= 4 is 61.0 Å². The third-order valence-corrected chi connectivity index (χ3v) is 11.3. The number of aliphatic hydroxyl groups is 2. The van der Waals surface area contributed by atoms with Crippen molar-refractivity contribution in [1.29, 1.82) is 0 Å². The second kappa shape index (κ2) is 12.8. The van der Waals surface area contributed by atoms with Gasteiger partial charge < -0.3 is 66.2 Å². The molecule has 4 fully saturated rings. The molecule has 8 rings (SSSR count). The number of hydrogen-bond acceptors (Lipinski definition) is 20. The van der Waals surface area contributed by atoms with Crippen LogP contribution in [0.5, 0.6) is 0 Å². The molecule has 4 aliphatic rings. The van der Waals surface area contributed by atoms with Gasteiger partial charge >= 0.3 is 59.1 Å². The number of H-pyrrole nitrogens is 1. The minimum absolute atomic E-state index is 0. The van der Waals surface area contributed by atoms with E-state index in [1.165, 1.54) is 12.7 Å². The maximum atomic E-state index is 13.5. The minimum Gasteiger partial charge on any atom is -0.756 e. The molecule has 3 unspecified atom stereocenters. The molecule has 0 amide bonds. The number of fused-ring (bicyclic) bond motifs is 4. The third-order valence-electron chi connectivity index (χ3n) is 8.81. The molecule has 48 heavy (non-hydrogen) atoms. The summed E-state index contributed by atoms with van der Waals surface area (Å²) in [5.74, 6) is -0.680. The number of hydrogen-bond donors (Lipinski definition) is 5. The Kier molecular flexibility index (Phi) is 9.82. The van der Waals surface area contributed by atoms with Crippen molar-refractivity contribution in [3.8, 4) is 0 Å². The molecule has 2 saturated heterocycles. The molecular weight excluding hydrogens is 722 g/mol. The van der Waals surface area contributed by atoms with Gasteiger partial charge in [0, 0.05) is 5.41 Å². The fourth-order valence-electron chi connectivity index (χ4n) is 6.67. The summed E-state index contributed by atoms with van der Waals surface area (Å²) in [7, 11) is -5.29. The summed E-state index contributed by atoms with van der Waals surface area (Å²) >= 11 is 5.16. The Morgan fingerprint density at radius 2 is 1.85 bits per heavy atom. The SMILES string of the molecule is Nc1nc2c(nnn2[C@@H]2O[C@@H]3COP(=O)([S-])O[C@H]4[C@@H](O)[C@H](n5cnc6c(N)ncnc65)[C@H]5CC54COP(=O)([O-])O[C@@H]2[C@@H]3O)c(=O)[nH]1.[Na+].[Na+]. The topological polar surface area (TPSA) is 316 Å². The number of aromatic nitrogens is 9. The van der Waals surface area contributed by atoms with Crippen molar-refractivity contribution in [3.05, 3.63) is 23.0 Å². The number of anilines is 2. The standard InChI is InChI=1S/C21H25N11O11P2S.2Na/c22-15-8-16(25-4-24-15)31(5-26-8)10-6-1-21(6)3-40-44(36,37)42-13-11(33)7(2-39-45(38,46)43-14(21)12(10)34)41-19(13)32-17-9(29-30-32)18(35)28-20(23)27-17;;/h4-7,10-14,19,33-34H,1-3H2,(H,36,37)(H,38,46)(H2,22,24,25)(H3,23,27,28,35);;/q;2*+1/p-2/t6-,7-,10-,11-,12+,13-,14+,19-,21?,45?;;/m1../s1. The van der Waals surface area contributed by atoms with Crippen molar-refractivity contribution in [2.75, 3.05) is 24.7 Å². The molecular formula is C21H23N11Na2O11P2S. The first-order valence-electron chi connectivity index (χ1n) is 13.6. The minimum atomic E-state index is -5.29. The quantitative estimate of drug-likeness (QED) is 0.0722. The fourth-order valence-corrected chi connectivity index (χ4v) is 9.12. The van der Waals surface area contributed by atoms with E-state index in [-0.39, 0.29) is 94.0 Å². The number of rotatable bonds is 2. The smallest absolute Gasteiger partial charge is 0.756 e. The number of aliphatic hydroxyl groups excluding tert-OH is 2. The van der Waals surface area contributed by atoms with E-state index in [0.29, 0.717) is 5.65 Å². The largest absolute Gasteiger partial charge is 1.00 e. The van der Waals surface area contributed by atoms with Crippen molar-refractivity contribution < 1.29 is 106 Å². The molecule has 2 bridgehead atoms. The van der Waals surface area contributed by atoms with Crippen LogP contribution in [0, 0.1) is 11.3 Å². The Morgan fingerprint density at radius 1 is 1.08 bits per heavy atom. The van der Waals surface area contributed by atoms with Gasteiger partial charge in [0.25, 0.3) is 13.4 Å².